The third kappa shape index (κ3) is 4.55. The number of nitrogens with one attached hydrogen (secondary N) is 1. The molecule has 0 unspecified atom stereocenters. The molecule has 0 aromatic heterocycles. The topological polar surface area (TPSA) is 38.3 Å². The molecule has 0 spiro atoms. The molecule has 5 heteroatoms. The predicted molar refractivity (Wildman–Crippen MR) is 76.6 cm³/mol. The van der Waals surface area contributed by atoms with E-state index in [0.29, 0.717) is 16.5 Å². The zero-order chi connectivity index (χ0) is 14.4. The molecule has 0 saturated heterocycles. The maximum atomic E-state index is 12.7. The van der Waals surface area contributed by atoms with Gasteiger partial charge in [0, 0.05) is 10.7 Å². The Hall–Kier alpha value is -2.07. The van der Waals surface area contributed by atoms with Gasteiger partial charge in [0.15, 0.2) is 0 Å². The van der Waals surface area contributed by atoms with Crippen molar-refractivity contribution in [1.82, 2.24) is 0 Å². The molecule has 20 heavy (non-hydrogen) atoms. The van der Waals surface area contributed by atoms with Gasteiger partial charge in [-0.15, -0.1) is 0 Å². The molecule has 0 fully saturated rings. The molecule has 1 N–H and O–H groups in total. The third-order valence-electron chi connectivity index (χ3n) is 2.54. The van der Waals surface area contributed by atoms with E-state index in [4.69, 9.17) is 16.3 Å². The van der Waals surface area contributed by atoms with Crippen LogP contribution in [0.2, 0.25) is 5.02 Å². The fourth-order valence-electron chi connectivity index (χ4n) is 1.55. The number of benzene rings is 2. The standard InChI is InChI=1S/C15H13ClFNO2/c16-11-1-5-13(6-2-11)18-15(19)9-10-20-14-7-3-12(17)4-8-14/h1-8H,9-10H2,(H,18,19). The van der Waals surface area contributed by atoms with E-state index in [-0.39, 0.29) is 24.8 Å². The van der Waals surface area contributed by atoms with Crippen LogP contribution < -0.4 is 10.1 Å². The molecule has 1 amide bonds. The minimum Gasteiger partial charge on any atom is -0.493 e. The van der Waals surface area contributed by atoms with Crippen LogP contribution in [-0.4, -0.2) is 12.5 Å². The highest BCUT2D eigenvalue weighted by molar-refractivity contribution is 6.30. The smallest absolute Gasteiger partial charge is 0.227 e. The quantitative estimate of drug-likeness (QED) is 0.908. The van der Waals surface area contributed by atoms with Gasteiger partial charge in [-0.05, 0) is 48.5 Å². The normalized spacial score (nSPS) is 10.1. The van der Waals surface area contributed by atoms with Crippen LogP contribution in [0.3, 0.4) is 0 Å². The van der Waals surface area contributed by atoms with Gasteiger partial charge in [-0.1, -0.05) is 11.6 Å². The zero-order valence-electron chi connectivity index (χ0n) is 10.6. The fraction of sp³-hybridized carbons (Fsp3) is 0.133. The van der Waals surface area contributed by atoms with Crippen molar-refractivity contribution in [1.29, 1.82) is 0 Å². The lowest BCUT2D eigenvalue weighted by atomic mass is 10.3. The lowest BCUT2D eigenvalue weighted by Gasteiger charge is -2.07. The number of amides is 1. The Morgan fingerprint density at radius 3 is 2.40 bits per heavy atom. The van der Waals surface area contributed by atoms with Crippen LogP contribution in [0.4, 0.5) is 10.1 Å². The van der Waals surface area contributed by atoms with Crippen molar-refractivity contribution in [2.24, 2.45) is 0 Å². The lowest BCUT2D eigenvalue weighted by molar-refractivity contribution is -0.116. The van der Waals surface area contributed by atoms with Crippen molar-refractivity contribution in [3.8, 4) is 5.75 Å². The second kappa shape index (κ2) is 6.91. The van der Waals surface area contributed by atoms with Crippen molar-refractivity contribution in [3.05, 3.63) is 59.4 Å². The molecule has 0 saturated carbocycles. The van der Waals surface area contributed by atoms with E-state index < -0.39 is 0 Å². The summed E-state index contributed by atoms with van der Waals surface area (Å²) in [6.07, 6.45) is 0.208. The van der Waals surface area contributed by atoms with Gasteiger partial charge in [0.1, 0.15) is 11.6 Å². The van der Waals surface area contributed by atoms with Crippen molar-refractivity contribution in [3.63, 3.8) is 0 Å². The van der Waals surface area contributed by atoms with Gasteiger partial charge in [-0.25, -0.2) is 4.39 Å². The molecule has 0 aliphatic rings. The van der Waals surface area contributed by atoms with Gasteiger partial charge in [0.05, 0.1) is 13.0 Å². The summed E-state index contributed by atoms with van der Waals surface area (Å²) in [7, 11) is 0. The summed E-state index contributed by atoms with van der Waals surface area (Å²) in [6.45, 7) is 0.227. The minimum absolute atomic E-state index is 0.158. The van der Waals surface area contributed by atoms with E-state index in [9.17, 15) is 9.18 Å². The van der Waals surface area contributed by atoms with Crippen LogP contribution in [0.5, 0.6) is 5.75 Å². The molecular formula is C15H13ClFNO2. The first-order chi connectivity index (χ1) is 9.63. The highest BCUT2D eigenvalue weighted by Crippen LogP contribution is 2.14. The summed E-state index contributed by atoms with van der Waals surface area (Å²) < 4.78 is 18.0. The first-order valence-electron chi connectivity index (χ1n) is 6.07. The van der Waals surface area contributed by atoms with Crippen LogP contribution in [0.1, 0.15) is 6.42 Å². The van der Waals surface area contributed by atoms with Crippen LogP contribution in [0, 0.1) is 5.82 Å². The Morgan fingerprint density at radius 2 is 1.75 bits per heavy atom. The maximum Gasteiger partial charge on any atom is 0.227 e. The number of ether oxygens (including phenoxy) is 1. The molecule has 0 atom stereocenters. The first kappa shape index (κ1) is 14.3. The summed E-state index contributed by atoms with van der Waals surface area (Å²) in [5, 5.41) is 3.34. The van der Waals surface area contributed by atoms with Crippen molar-refractivity contribution in [2.45, 2.75) is 6.42 Å². The molecule has 0 aliphatic heterocycles. The van der Waals surface area contributed by atoms with Gasteiger partial charge in [0.25, 0.3) is 0 Å². The second-order valence-electron chi connectivity index (χ2n) is 4.11. The van der Waals surface area contributed by atoms with E-state index in [0.717, 1.165) is 0 Å². The van der Waals surface area contributed by atoms with E-state index >= 15 is 0 Å². The average Bonchev–Trinajstić information content (AvgIpc) is 2.44. The summed E-state index contributed by atoms with van der Waals surface area (Å²) in [5.41, 5.74) is 0.682. The Morgan fingerprint density at radius 1 is 1.10 bits per heavy atom. The number of carbonyl (C=O) groups excluding carboxylic acids is 1. The van der Waals surface area contributed by atoms with Crippen molar-refractivity contribution < 1.29 is 13.9 Å². The number of halogens is 2. The highest BCUT2D eigenvalue weighted by atomic mass is 35.5. The lowest BCUT2D eigenvalue weighted by Crippen LogP contribution is -2.15. The molecule has 0 aliphatic carbocycles. The fourth-order valence-corrected chi connectivity index (χ4v) is 1.68. The largest absolute Gasteiger partial charge is 0.493 e. The highest BCUT2D eigenvalue weighted by Gasteiger charge is 2.03. The van der Waals surface area contributed by atoms with Crippen molar-refractivity contribution in [2.75, 3.05) is 11.9 Å². The molecule has 2 aromatic carbocycles. The minimum atomic E-state index is -0.321. The summed E-state index contributed by atoms with van der Waals surface area (Å²) in [4.78, 5) is 11.7. The van der Waals surface area contributed by atoms with E-state index in [2.05, 4.69) is 5.32 Å². The Bertz CT molecular complexity index is 569. The number of rotatable bonds is 5. The monoisotopic (exact) mass is 293 g/mol. The second-order valence-corrected chi connectivity index (χ2v) is 4.54. The molecular weight excluding hydrogens is 281 g/mol. The van der Waals surface area contributed by atoms with Crippen LogP contribution in [-0.2, 0) is 4.79 Å². The number of anilines is 1. The van der Waals surface area contributed by atoms with Gasteiger partial charge >= 0.3 is 0 Å². The molecule has 2 rings (SSSR count). The van der Waals surface area contributed by atoms with Crippen LogP contribution in [0.25, 0.3) is 0 Å². The predicted octanol–water partition coefficient (Wildman–Crippen LogP) is 3.89. The summed E-state index contributed by atoms with van der Waals surface area (Å²) in [5.74, 6) is 0.0537. The van der Waals surface area contributed by atoms with Gasteiger partial charge < -0.3 is 10.1 Å². The van der Waals surface area contributed by atoms with E-state index in [1.54, 1.807) is 24.3 Å². The average molecular weight is 294 g/mol. The van der Waals surface area contributed by atoms with Crippen LogP contribution in [0.15, 0.2) is 48.5 Å². The molecule has 2 aromatic rings. The third-order valence-corrected chi connectivity index (χ3v) is 2.79. The van der Waals surface area contributed by atoms with E-state index in [1.165, 1.54) is 24.3 Å². The van der Waals surface area contributed by atoms with Gasteiger partial charge in [0.2, 0.25) is 5.91 Å². The molecule has 0 heterocycles. The Balaban J connectivity index is 1.75. The van der Waals surface area contributed by atoms with Gasteiger partial charge in [-0.2, -0.15) is 0 Å². The zero-order valence-corrected chi connectivity index (χ0v) is 11.4. The van der Waals surface area contributed by atoms with Crippen LogP contribution >= 0.6 is 11.6 Å². The summed E-state index contributed by atoms with van der Waals surface area (Å²) >= 11 is 5.75. The van der Waals surface area contributed by atoms with E-state index in [1.807, 2.05) is 0 Å². The molecule has 104 valence electrons. The van der Waals surface area contributed by atoms with Gasteiger partial charge in [-0.3, -0.25) is 4.79 Å². The molecule has 0 radical (unpaired) electrons. The Labute approximate surface area is 121 Å². The SMILES string of the molecule is O=C(CCOc1ccc(F)cc1)Nc1ccc(Cl)cc1. The summed E-state index contributed by atoms with van der Waals surface area (Å²) in [6, 6.07) is 12.5. The van der Waals surface area contributed by atoms with Crippen molar-refractivity contribution >= 4 is 23.2 Å². The first-order valence-corrected chi connectivity index (χ1v) is 6.45. The number of carbonyl (C=O) groups is 1. The Kier molecular flexibility index (Phi) is 4.96. The number of hydrogen-bond donors (Lipinski definition) is 1. The maximum absolute atomic E-state index is 12.7. The molecule has 0 bridgehead atoms. The number of hydrogen-bond acceptors (Lipinski definition) is 2. The molecule has 3 nitrogen and oxygen atoms in total.